The minimum absolute atomic E-state index is 0.0329. The Balaban J connectivity index is 1.70. The summed E-state index contributed by atoms with van der Waals surface area (Å²) in [5.74, 6) is 0.422. The number of carbonyl (C=O) groups is 1. The number of likely N-dealkylation sites (tertiary alicyclic amines) is 1. The van der Waals surface area contributed by atoms with Crippen LogP contribution in [0.25, 0.3) is 0 Å². The van der Waals surface area contributed by atoms with Crippen molar-refractivity contribution < 1.29 is 18.1 Å². The van der Waals surface area contributed by atoms with Gasteiger partial charge in [0.1, 0.15) is 5.69 Å². The topological polar surface area (TPSA) is 64.2 Å². The van der Waals surface area contributed by atoms with Crippen LogP contribution in [0.15, 0.2) is 23.0 Å². The molecule has 1 fully saturated rings. The molecule has 3 rings (SSSR count). The smallest absolute Gasteiger partial charge is 0.319 e. The number of piperidine rings is 1. The molecule has 3 heterocycles. The lowest BCUT2D eigenvalue weighted by atomic mass is 9.96. The van der Waals surface area contributed by atoms with Crippen molar-refractivity contribution in [2.75, 3.05) is 13.1 Å². The second-order valence-corrected chi connectivity index (χ2v) is 5.36. The number of nitrogens with zero attached hydrogens (tertiary/aromatic N) is 4. The van der Waals surface area contributed by atoms with Gasteiger partial charge in [0, 0.05) is 24.7 Å². The molecule has 0 aliphatic carbocycles. The zero-order valence-electron chi connectivity index (χ0n) is 12.1. The highest BCUT2D eigenvalue weighted by atomic mass is 19.3. The van der Waals surface area contributed by atoms with Crippen molar-refractivity contribution in [2.24, 2.45) is 0 Å². The monoisotopic (exact) mass is 310 g/mol. The molecule has 0 spiro atoms. The summed E-state index contributed by atoms with van der Waals surface area (Å²) in [6.45, 7) is -0.173. The van der Waals surface area contributed by atoms with Crippen LogP contribution in [0.5, 0.6) is 0 Å². The van der Waals surface area contributed by atoms with E-state index in [0.717, 1.165) is 4.57 Å². The second-order valence-electron chi connectivity index (χ2n) is 5.36. The highest BCUT2D eigenvalue weighted by molar-refractivity contribution is 5.93. The molecular weight excluding hydrogens is 294 g/mol. The maximum absolute atomic E-state index is 13.1. The molecule has 0 radical (unpaired) electrons. The molecule has 1 aliphatic rings. The number of aromatic nitrogens is 3. The molecular formula is C14H16F2N4O2. The molecule has 118 valence electrons. The van der Waals surface area contributed by atoms with E-state index in [9.17, 15) is 13.6 Å². The summed E-state index contributed by atoms with van der Waals surface area (Å²) in [6.07, 6.45) is 2.67. The molecule has 8 heteroatoms. The number of aryl methyl sites for hydroxylation is 1. The number of carbonyl (C=O) groups excluding carboxylic acids is 1. The van der Waals surface area contributed by atoms with Gasteiger partial charge in [0.05, 0.1) is 0 Å². The molecule has 22 heavy (non-hydrogen) atoms. The lowest BCUT2D eigenvalue weighted by molar-refractivity contribution is 0.0531. The first-order chi connectivity index (χ1) is 10.6. The van der Waals surface area contributed by atoms with Crippen LogP contribution in [0, 0.1) is 6.92 Å². The van der Waals surface area contributed by atoms with Crippen LogP contribution in [0.1, 0.15) is 47.3 Å². The van der Waals surface area contributed by atoms with Crippen LogP contribution in [-0.2, 0) is 0 Å². The van der Waals surface area contributed by atoms with E-state index in [2.05, 4.69) is 10.1 Å². The Kier molecular flexibility index (Phi) is 3.91. The lowest BCUT2D eigenvalue weighted by Crippen LogP contribution is -2.39. The third-order valence-corrected chi connectivity index (χ3v) is 4.06. The quantitative estimate of drug-likeness (QED) is 0.874. The fourth-order valence-electron chi connectivity index (χ4n) is 2.84. The first-order valence-corrected chi connectivity index (χ1v) is 7.09. The van der Waals surface area contributed by atoms with E-state index < -0.39 is 6.55 Å². The molecule has 1 saturated heterocycles. The lowest BCUT2D eigenvalue weighted by Gasteiger charge is -2.30. The third kappa shape index (κ3) is 2.60. The molecule has 6 nitrogen and oxygen atoms in total. The molecule has 0 unspecified atom stereocenters. The summed E-state index contributed by atoms with van der Waals surface area (Å²) in [6, 6.07) is 2.99. The van der Waals surface area contributed by atoms with Gasteiger partial charge in [0.2, 0.25) is 6.39 Å². The predicted octanol–water partition coefficient (Wildman–Crippen LogP) is 2.59. The van der Waals surface area contributed by atoms with Crippen LogP contribution in [0.4, 0.5) is 8.78 Å². The molecule has 0 aromatic carbocycles. The summed E-state index contributed by atoms with van der Waals surface area (Å²) >= 11 is 0. The SMILES string of the molecule is Cc1ccc(C(=O)N2CCC(c3ncon3)CC2)n1C(F)F. The van der Waals surface area contributed by atoms with E-state index in [1.165, 1.54) is 18.5 Å². The number of hydrogen-bond acceptors (Lipinski definition) is 4. The normalized spacial score (nSPS) is 16.5. The summed E-state index contributed by atoms with van der Waals surface area (Å²) < 4.78 is 31.6. The van der Waals surface area contributed by atoms with E-state index in [4.69, 9.17) is 4.52 Å². The largest absolute Gasteiger partial charge is 0.343 e. The van der Waals surface area contributed by atoms with Gasteiger partial charge in [-0.15, -0.1) is 0 Å². The third-order valence-electron chi connectivity index (χ3n) is 4.06. The summed E-state index contributed by atoms with van der Waals surface area (Å²) in [5, 5.41) is 3.82. The first-order valence-electron chi connectivity index (χ1n) is 7.09. The van der Waals surface area contributed by atoms with E-state index in [1.807, 2.05) is 0 Å². The van der Waals surface area contributed by atoms with Gasteiger partial charge in [-0.05, 0) is 31.9 Å². The molecule has 0 N–H and O–H groups in total. The summed E-state index contributed by atoms with van der Waals surface area (Å²) in [7, 11) is 0. The van der Waals surface area contributed by atoms with Gasteiger partial charge in [-0.25, -0.2) is 0 Å². The zero-order chi connectivity index (χ0) is 15.7. The zero-order valence-corrected chi connectivity index (χ0v) is 12.1. The maximum Gasteiger partial charge on any atom is 0.319 e. The Hall–Kier alpha value is -2.25. The Bertz CT molecular complexity index is 646. The first kappa shape index (κ1) is 14.7. The number of amides is 1. The Labute approximate surface area is 125 Å². The van der Waals surface area contributed by atoms with Crippen molar-refractivity contribution in [3.63, 3.8) is 0 Å². The molecule has 1 aliphatic heterocycles. The van der Waals surface area contributed by atoms with E-state index >= 15 is 0 Å². The number of rotatable bonds is 3. The molecule has 2 aromatic rings. The summed E-state index contributed by atoms with van der Waals surface area (Å²) in [4.78, 5) is 18.1. The van der Waals surface area contributed by atoms with Crippen molar-refractivity contribution in [1.29, 1.82) is 0 Å². The Morgan fingerprint density at radius 1 is 1.36 bits per heavy atom. The number of hydrogen-bond donors (Lipinski definition) is 0. The molecule has 0 bridgehead atoms. The highest BCUT2D eigenvalue weighted by Gasteiger charge is 2.29. The van der Waals surface area contributed by atoms with Gasteiger partial charge in [-0.3, -0.25) is 9.36 Å². The minimum Gasteiger partial charge on any atom is -0.343 e. The standard InChI is InChI=1S/C14H16F2N4O2/c1-9-2-3-11(20(9)14(15)16)13(21)19-6-4-10(5-7-19)12-17-8-22-18-12/h2-3,8,10,14H,4-7H2,1H3. The fraction of sp³-hybridized carbons (Fsp3) is 0.500. The Morgan fingerprint density at radius 3 is 2.68 bits per heavy atom. The van der Waals surface area contributed by atoms with Crippen molar-refractivity contribution in [1.82, 2.24) is 19.6 Å². The van der Waals surface area contributed by atoms with Crippen molar-refractivity contribution >= 4 is 5.91 Å². The molecule has 0 atom stereocenters. The van der Waals surface area contributed by atoms with Gasteiger partial charge in [-0.2, -0.15) is 13.8 Å². The number of halogens is 2. The maximum atomic E-state index is 13.1. The number of alkyl halides is 2. The van der Waals surface area contributed by atoms with Gasteiger partial charge in [0.25, 0.3) is 5.91 Å². The van der Waals surface area contributed by atoms with Crippen LogP contribution >= 0.6 is 0 Å². The van der Waals surface area contributed by atoms with Crippen LogP contribution in [0.3, 0.4) is 0 Å². The van der Waals surface area contributed by atoms with Gasteiger partial charge >= 0.3 is 6.55 Å². The van der Waals surface area contributed by atoms with Gasteiger partial charge in [0.15, 0.2) is 5.82 Å². The highest BCUT2D eigenvalue weighted by Crippen LogP contribution is 2.27. The van der Waals surface area contributed by atoms with E-state index in [0.29, 0.717) is 37.4 Å². The van der Waals surface area contributed by atoms with Crippen LogP contribution in [0.2, 0.25) is 0 Å². The predicted molar refractivity (Wildman–Crippen MR) is 72.6 cm³/mol. The second kappa shape index (κ2) is 5.86. The van der Waals surface area contributed by atoms with Gasteiger partial charge in [-0.1, -0.05) is 5.16 Å². The van der Waals surface area contributed by atoms with Crippen molar-refractivity contribution in [2.45, 2.75) is 32.2 Å². The van der Waals surface area contributed by atoms with Crippen LogP contribution < -0.4 is 0 Å². The van der Waals surface area contributed by atoms with Crippen molar-refractivity contribution in [3.8, 4) is 0 Å². The Morgan fingerprint density at radius 2 is 2.09 bits per heavy atom. The minimum atomic E-state index is -2.72. The molecule has 2 aromatic heterocycles. The van der Waals surface area contributed by atoms with E-state index in [1.54, 1.807) is 11.8 Å². The fourth-order valence-corrected chi connectivity index (χ4v) is 2.84. The average molecular weight is 310 g/mol. The summed E-state index contributed by atoms with van der Waals surface area (Å²) in [5.41, 5.74) is 0.408. The van der Waals surface area contributed by atoms with E-state index in [-0.39, 0.29) is 17.5 Å². The van der Waals surface area contributed by atoms with Crippen LogP contribution in [-0.4, -0.2) is 38.6 Å². The molecule has 0 saturated carbocycles. The van der Waals surface area contributed by atoms with Crippen molar-refractivity contribution in [3.05, 3.63) is 35.7 Å². The molecule has 1 amide bonds. The van der Waals surface area contributed by atoms with Gasteiger partial charge < -0.3 is 9.42 Å². The average Bonchev–Trinajstić information content (AvgIpc) is 3.16.